The van der Waals surface area contributed by atoms with Crippen LogP contribution in [-0.4, -0.2) is 22.2 Å². The molecular formula is C13H14FN3O2. The Morgan fingerprint density at radius 1 is 1.32 bits per heavy atom. The average molecular weight is 263 g/mol. The number of rotatable bonds is 4. The van der Waals surface area contributed by atoms with Crippen molar-refractivity contribution in [3.8, 4) is 11.6 Å². The van der Waals surface area contributed by atoms with Crippen LogP contribution < -0.4 is 10.1 Å². The molecule has 1 aromatic heterocycles. The molecule has 0 spiro atoms. The van der Waals surface area contributed by atoms with Gasteiger partial charge < -0.3 is 15.2 Å². The number of hydrogen-bond acceptors (Lipinski definition) is 5. The van der Waals surface area contributed by atoms with E-state index in [0.717, 1.165) is 11.8 Å². The Morgan fingerprint density at radius 3 is 2.63 bits per heavy atom. The minimum atomic E-state index is -0.606. The van der Waals surface area contributed by atoms with Crippen LogP contribution in [0.15, 0.2) is 30.5 Å². The van der Waals surface area contributed by atoms with Gasteiger partial charge in [-0.3, -0.25) is 0 Å². The van der Waals surface area contributed by atoms with E-state index in [1.807, 2.05) is 6.92 Å². The second kappa shape index (κ2) is 5.51. The fourth-order valence-electron chi connectivity index (χ4n) is 1.60. The molecule has 0 fully saturated rings. The highest BCUT2D eigenvalue weighted by Gasteiger charge is 2.10. The lowest BCUT2D eigenvalue weighted by Crippen LogP contribution is -2.10. The molecule has 0 aliphatic heterocycles. The first-order valence-electron chi connectivity index (χ1n) is 5.72. The van der Waals surface area contributed by atoms with E-state index in [0.29, 0.717) is 0 Å². The van der Waals surface area contributed by atoms with E-state index < -0.39 is 5.82 Å². The lowest BCUT2D eigenvalue weighted by Gasteiger charge is -2.14. The number of benzene rings is 1. The predicted octanol–water partition coefficient (Wildman–Crippen LogP) is 2.50. The summed E-state index contributed by atoms with van der Waals surface area (Å²) in [5, 5.41) is 12.3. The highest BCUT2D eigenvalue weighted by molar-refractivity contribution is 5.35. The number of nitrogens with zero attached hydrogens (tertiary/aromatic N) is 2. The summed E-state index contributed by atoms with van der Waals surface area (Å²) in [7, 11) is 1.35. The molecule has 0 bridgehead atoms. The van der Waals surface area contributed by atoms with Crippen LogP contribution in [0.3, 0.4) is 0 Å². The molecule has 2 N–H and O–H groups in total. The van der Waals surface area contributed by atoms with Crippen LogP contribution in [0.2, 0.25) is 0 Å². The van der Waals surface area contributed by atoms with Gasteiger partial charge in [-0.2, -0.15) is 9.37 Å². The summed E-state index contributed by atoms with van der Waals surface area (Å²) in [6.07, 6.45) is 1.05. The van der Waals surface area contributed by atoms with E-state index in [2.05, 4.69) is 15.3 Å². The fraction of sp³-hybridized carbons (Fsp3) is 0.231. The van der Waals surface area contributed by atoms with Crippen LogP contribution in [-0.2, 0) is 0 Å². The second-order valence-corrected chi connectivity index (χ2v) is 4.01. The molecule has 1 atom stereocenters. The highest BCUT2D eigenvalue weighted by Crippen LogP contribution is 2.21. The van der Waals surface area contributed by atoms with Crippen LogP contribution >= 0.6 is 0 Å². The standard InChI is InChI=1S/C13H14FN3O2/c1-8(9-3-5-10(18)6-4-9)16-13-15-7-11(14)12(17-13)19-2/h3-8,18H,1-2H3,(H,15,16,17). The fourth-order valence-corrected chi connectivity index (χ4v) is 1.60. The molecule has 0 saturated heterocycles. The van der Waals surface area contributed by atoms with E-state index in [4.69, 9.17) is 4.74 Å². The zero-order chi connectivity index (χ0) is 13.8. The number of ether oxygens (including phenoxy) is 1. The number of aromatic hydroxyl groups is 1. The molecule has 0 aliphatic rings. The van der Waals surface area contributed by atoms with Crippen LogP contribution in [0.25, 0.3) is 0 Å². The van der Waals surface area contributed by atoms with E-state index in [9.17, 15) is 9.50 Å². The van der Waals surface area contributed by atoms with Gasteiger partial charge in [0.2, 0.25) is 11.8 Å². The van der Waals surface area contributed by atoms with Gasteiger partial charge in [0.25, 0.3) is 5.88 Å². The van der Waals surface area contributed by atoms with Crippen LogP contribution in [0, 0.1) is 5.82 Å². The molecule has 1 heterocycles. The molecule has 2 rings (SSSR count). The molecule has 100 valence electrons. The van der Waals surface area contributed by atoms with Crippen molar-refractivity contribution in [2.45, 2.75) is 13.0 Å². The summed E-state index contributed by atoms with van der Waals surface area (Å²) >= 11 is 0. The van der Waals surface area contributed by atoms with E-state index in [-0.39, 0.29) is 23.6 Å². The SMILES string of the molecule is COc1nc(NC(C)c2ccc(O)cc2)ncc1F. The summed E-state index contributed by atoms with van der Waals surface area (Å²) in [4.78, 5) is 7.75. The molecule has 0 radical (unpaired) electrons. The Labute approximate surface area is 110 Å². The van der Waals surface area contributed by atoms with Crippen molar-refractivity contribution in [3.05, 3.63) is 41.8 Å². The van der Waals surface area contributed by atoms with Gasteiger partial charge in [-0.05, 0) is 24.6 Å². The Balaban J connectivity index is 2.14. The quantitative estimate of drug-likeness (QED) is 0.887. The molecule has 6 heteroatoms. The maximum absolute atomic E-state index is 13.2. The minimum absolute atomic E-state index is 0.0873. The Morgan fingerprint density at radius 2 is 2.00 bits per heavy atom. The molecular weight excluding hydrogens is 249 g/mol. The van der Waals surface area contributed by atoms with Gasteiger partial charge in [-0.25, -0.2) is 4.98 Å². The van der Waals surface area contributed by atoms with Crippen molar-refractivity contribution in [2.75, 3.05) is 12.4 Å². The van der Waals surface area contributed by atoms with Crippen molar-refractivity contribution in [2.24, 2.45) is 0 Å². The number of methoxy groups -OCH3 is 1. The van der Waals surface area contributed by atoms with E-state index >= 15 is 0 Å². The number of phenols is 1. The molecule has 2 aromatic rings. The second-order valence-electron chi connectivity index (χ2n) is 4.01. The number of phenolic OH excluding ortho intramolecular Hbond substituents is 1. The number of aromatic nitrogens is 2. The first-order chi connectivity index (χ1) is 9.10. The van der Waals surface area contributed by atoms with Gasteiger partial charge >= 0.3 is 0 Å². The molecule has 19 heavy (non-hydrogen) atoms. The molecule has 0 aliphatic carbocycles. The smallest absolute Gasteiger partial charge is 0.255 e. The van der Waals surface area contributed by atoms with Crippen molar-refractivity contribution in [1.82, 2.24) is 9.97 Å². The van der Waals surface area contributed by atoms with Gasteiger partial charge in [0.05, 0.1) is 19.3 Å². The van der Waals surface area contributed by atoms with E-state index in [1.165, 1.54) is 7.11 Å². The minimum Gasteiger partial charge on any atom is -0.508 e. The number of halogens is 1. The Kier molecular flexibility index (Phi) is 3.79. The molecule has 0 amide bonds. The average Bonchev–Trinajstić information content (AvgIpc) is 2.41. The monoisotopic (exact) mass is 263 g/mol. The zero-order valence-electron chi connectivity index (χ0n) is 10.6. The van der Waals surface area contributed by atoms with Crippen LogP contribution in [0.4, 0.5) is 10.3 Å². The first kappa shape index (κ1) is 13.1. The summed E-state index contributed by atoms with van der Waals surface area (Å²) in [6, 6.07) is 6.68. The predicted molar refractivity (Wildman–Crippen MR) is 68.7 cm³/mol. The third-order valence-electron chi connectivity index (χ3n) is 2.64. The lowest BCUT2D eigenvalue weighted by atomic mass is 10.1. The van der Waals surface area contributed by atoms with Gasteiger partial charge in [-0.1, -0.05) is 12.1 Å². The van der Waals surface area contributed by atoms with Gasteiger partial charge in [0, 0.05) is 0 Å². The maximum atomic E-state index is 13.2. The summed E-state index contributed by atoms with van der Waals surface area (Å²) in [5.74, 6) is -0.227. The van der Waals surface area contributed by atoms with Crippen LogP contribution in [0.5, 0.6) is 11.6 Å². The molecule has 0 saturated carbocycles. The number of anilines is 1. The van der Waals surface area contributed by atoms with Crippen molar-refractivity contribution in [1.29, 1.82) is 0 Å². The van der Waals surface area contributed by atoms with Crippen LogP contribution in [0.1, 0.15) is 18.5 Å². The van der Waals surface area contributed by atoms with Crippen molar-refractivity contribution in [3.63, 3.8) is 0 Å². The van der Waals surface area contributed by atoms with Crippen molar-refractivity contribution >= 4 is 5.95 Å². The lowest BCUT2D eigenvalue weighted by molar-refractivity contribution is 0.367. The summed E-state index contributed by atoms with van der Waals surface area (Å²) in [6.45, 7) is 1.91. The normalized spacial score (nSPS) is 11.9. The third kappa shape index (κ3) is 3.09. The Bertz CT molecular complexity index is 560. The van der Waals surface area contributed by atoms with Gasteiger partial charge in [-0.15, -0.1) is 0 Å². The number of hydrogen-bond donors (Lipinski definition) is 2. The maximum Gasteiger partial charge on any atom is 0.255 e. The summed E-state index contributed by atoms with van der Waals surface area (Å²) < 4.78 is 18.0. The Hall–Kier alpha value is -2.37. The largest absolute Gasteiger partial charge is 0.508 e. The van der Waals surface area contributed by atoms with E-state index in [1.54, 1.807) is 24.3 Å². The molecule has 1 unspecified atom stereocenters. The van der Waals surface area contributed by atoms with Crippen molar-refractivity contribution < 1.29 is 14.2 Å². The zero-order valence-corrected chi connectivity index (χ0v) is 10.6. The highest BCUT2D eigenvalue weighted by atomic mass is 19.1. The van der Waals surface area contributed by atoms with Gasteiger partial charge in [0.15, 0.2) is 0 Å². The molecule has 5 nitrogen and oxygen atoms in total. The molecule has 1 aromatic carbocycles. The topological polar surface area (TPSA) is 67.3 Å². The summed E-state index contributed by atoms with van der Waals surface area (Å²) in [5.41, 5.74) is 0.949. The van der Waals surface area contributed by atoms with Gasteiger partial charge in [0.1, 0.15) is 5.75 Å². The number of nitrogens with one attached hydrogen (secondary N) is 1. The first-order valence-corrected chi connectivity index (χ1v) is 5.72. The third-order valence-corrected chi connectivity index (χ3v) is 2.64.